The minimum absolute atomic E-state index is 0.372. The summed E-state index contributed by atoms with van der Waals surface area (Å²) in [6.45, 7) is 15.3. The van der Waals surface area contributed by atoms with Crippen molar-refractivity contribution in [1.29, 1.82) is 0 Å². The fourth-order valence-corrected chi connectivity index (χ4v) is 7.32. The minimum atomic E-state index is -0.605. The Hall–Kier alpha value is -0.940. The average Bonchev–Trinajstić information content (AvgIpc) is 3.12. The van der Waals surface area contributed by atoms with Crippen LogP contribution in [0.4, 0.5) is 0 Å². The first-order chi connectivity index (χ1) is 15.3. The summed E-state index contributed by atoms with van der Waals surface area (Å²) in [6.07, 6.45) is 12.8. The molecule has 0 unspecified atom stereocenters. The first-order valence-corrected chi connectivity index (χ1v) is 13.0. The largest absolute Gasteiger partial charge is 0.388 e. The lowest BCUT2D eigenvalue weighted by molar-refractivity contribution is -0.0216. The van der Waals surface area contributed by atoms with E-state index >= 15 is 0 Å². The lowest BCUT2D eigenvalue weighted by atomic mass is 9.61. The summed E-state index contributed by atoms with van der Waals surface area (Å²) >= 11 is 0. The molecule has 1 aliphatic heterocycles. The Balaban J connectivity index is 1.39. The van der Waals surface area contributed by atoms with Gasteiger partial charge in [-0.2, -0.15) is 0 Å². The monoisotopic (exact) mass is 443 g/mol. The molecule has 1 heterocycles. The number of aliphatic hydroxyl groups excluding tert-OH is 2. The number of allylic oxidation sites excluding steroid dienone is 3. The minimum Gasteiger partial charge on any atom is -0.388 e. The number of hydrogen-bond donors (Lipinski definition) is 2. The Bertz CT molecular complexity index is 727. The van der Waals surface area contributed by atoms with Crippen LogP contribution >= 0.6 is 0 Å². The summed E-state index contributed by atoms with van der Waals surface area (Å²) in [4.78, 5) is 2.60. The number of hydrogen-bond acceptors (Lipinski definition) is 4. The maximum absolute atomic E-state index is 10.2. The Morgan fingerprint density at radius 3 is 2.69 bits per heavy atom. The number of fused-ring (bicyclic) bond motifs is 1. The number of ether oxygens (including phenoxy) is 1. The van der Waals surface area contributed by atoms with Crippen molar-refractivity contribution < 1.29 is 14.9 Å². The van der Waals surface area contributed by atoms with Gasteiger partial charge in [0.1, 0.15) is 0 Å². The summed E-state index contributed by atoms with van der Waals surface area (Å²) in [5.41, 5.74) is 3.75. The van der Waals surface area contributed by atoms with Crippen molar-refractivity contribution in [2.75, 3.05) is 26.2 Å². The Morgan fingerprint density at radius 1 is 1.22 bits per heavy atom. The highest BCUT2D eigenvalue weighted by Crippen LogP contribution is 2.59. The van der Waals surface area contributed by atoms with Gasteiger partial charge in [-0.05, 0) is 93.6 Å². The summed E-state index contributed by atoms with van der Waals surface area (Å²) in [7, 11) is 0. The zero-order valence-corrected chi connectivity index (χ0v) is 20.6. The van der Waals surface area contributed by atoms with E-state index in [9.17, 15) is 10.2 Å². The van der Waals surface area contributed by atoms with E-state index in [-0.39, 0.29) is 0 Å². The molecule has 32 heavy (non-hydrogen) atoms. The fourth-order valence-electron chi connectivity index (χ4n) is 7.32. The molecule has 0 aromatic rings. The van der Waals surface area contributed by atoms with E-state index in [1.165, 1.54) is 45.1 Å². The molecule has 4 nitrogen and oxygen atoms in total. The van der Waals surface area contributed by atoms with Crippen LogP contribution < -0.4 is 0 Å². The molecule has 7 atom stereocenters. The van der Waals surface area contributed by atoms with Gasteiger partial charge in [0.25, 0.3) is 0 Å². The Kier molecular flexibility index (Phi) is 7.66. The van der Waals surface area contributed by atoms with Crippen molar-refractivity contribution in [3.8, 4) is 0 Å². The van der Waals surface area contributed by atoms with Crippen molar-refractivity contribution in [2.24, 2.45) is 23.2 Å². The average molecular weight is 444 g/mol. The predicted octanol–water partition coefficient (Wildman–Crippen LogP) is 4.87. The van der Waals surface area contributed by atoms with Crippen LogP contribution in [-0.2, 0) is 4.74 Å². The van der Waals surface area contributed by atoms with Crippen LogP contribution in [0, 0.1) is 23.2 Å². The zero-order chi connectivity index (χ0) is 22.9. The molecule has 0 aromatic heterocycles. The molecule has 0 bridgehead atoms. The van der Waals surface area contributed by atoms with Crippen LogP contribution in [0.25, 0.3) is 0 Å². The van der Waals surface area contributed by atoms with Crippen molar-refractivity contribution in [3.63, 3.8) is 0 Å². The van der Waals surface area contributed by atoms with Gasteiger partial charge in [-0.1, -0.05) is 43.7 Å². The van der Waals surface area contributed by atoms with Crippen molar-refractivity contribution in [2.45, 2.75) is 90.4 Å². The fraction of sp³-hybridized carbons (Fsp3) is 0.786. The van der Waals surface area contributed by atoms with Crippen LogP contribution in [0.15, 0.2) is 35.5 Å². The van der Waals surface area contributed by atoms with Gasteiger partial charge in [0.15, 0.2) is 0 Å². The molecule has 1 saturated heterocycles. The lowest BCUT2D eigenvalue weighted by Crippen LogP contribution is -2.42. The first kappa shape index (κ1) is 24.2. The van der Waals surface area contributed by atoms with E-state index in [0.29, 0.717) is 35.9 Å². The molecule has 0 aromatic carbocycles. The molecule has 4 rings (SSSR count). The van der Waals surface area contributed by atoms with Crippen LogP contribution in [0.2, 0.25) is 0 Å². The molecule has 0 amide bonds. The predicted molar refractivity (Wildman–Crippen MR) is 130 cm³/mol. The van der Waals surface area contributed by atoms with Crippen molar-refractivity contribution in [1.82, 2.24) is 4.90 Å². The third-order valence-corrected chi connectivity index (χ3v) is 9.25. The Labute approximate surface area is 195 Å². The Morgan fingerprint density at radius 2 is 1.97 bits per heavy atom. The molecule has 4 aliphatic rings. The van der Waals surface area contributed by atoms with Crippen molar-refractivity contribution in [3.05, 3.63) is 35.5 Å². The van der Waals surface area contributed by atoms with Gasteiger partial charge in [-0.15, -0.1) is 0 Å². The number of nitrogens with zero attached hydrogens (tertiary/aromatic N) is 1. The highest BCUT2D eigenvalue weighted by Gasteiger charge is 2.50. The molecular formula is C28H45NO3. The van der Waals surface area contributed by atoms with Gasteiger partial charge in [-0.3, -0.25) is 4.90 Å². The third-order valence-electron chi connectivity index (χ3n) is 9.25. The summed E-state index contributed by atoms with van der Waals surface area (Å²) in [5, 5.41) is 20.3. The quantitative estimate of drug-likeness (QED) is 0.595. The number of aliphatic hydroxyl groups is 2. The maximum atomic E-state index is 10.2. The highest BCUT2D eigenvalue weighted by atomic mass is 16.5. The normalized spacial score (nSPS) is 41.0. The second kappa shape index (κ2) is 10.1. The van der Waals surface area contributed by atoms with E-state index in [4.69, 9.17) is 4.74 Å². The van der Waals surface area contributed by atoms with Gasteiger partial charge in [0.05, 0.1) is 24.9 Å². The van der Waals surface area contributed by atoms with E-state index in [2.05, 4.69) is 44.4 Å². The van der Waals surface area contributed by atoms with Gasteiger partial charge >= 0.3 is 0 Å². The van der Waals surface area contributed by atoms with Gasteiger partial charge in [0, 0.05) is 13.1 Å². The topological polar surface area (TPSA) is 52.9 Å². The zero-order valence-electron chi connectivity index (χ0n) is 20.6. The van der Waals surface area contributed by atoms with Crippen LogP contribution in [0.3, 0.4) is 0 Å². The number of morpholine rings is 1. The molecule has 3 saturated carbocycles. The molecular weight excluding hydrogens is 398 g/mol. The summed E-state index contributed by atoms with van der Waals surface area (Å²) in [5.74, 6) is 2.26. The first-order valence-electron chi connectivity index (χ1n) is 13.0. The molecule has 3 aliphatic carbocycles. The molecule has 4 fully saturated rings. The van der Waals surface area contributed by atoms with Crippen LogP contribution in [0.5, 0.6) is 0 Å². The summed E-state index contributed by atoms with van der Waals surface area (Å²) < 4.78 is 5.71. The number of rotatable bonds is 5. The third kappa shape index (κ3) is 5.09. The van der Waals surface area contributed by atoms with Crippen LogP contribution in [0.1, 0.15) is 72.1 Å². The van der Waals surface area contributed by atoms with E-state index in [1.807, 2.05) is 0 Å². The standard InChI is InChI=1S/C28H45NO3/c1-19(11-13-29-14-15-32-20(2)18-29)24-9-10-25-23(6-5-12-28(24,25)4)8-7-22-16-26(30)21(3)27(31)17-22/h7-8,19-20,24-27,30-31H,3,5-6,9-18H2,1-2,4H3/b23-8+/t19-,20-,24-,25+,26-,27-,28-/m1/s1. The molecule has 2 N–H and O–H groups in total. The van der Waals surface area contributed by atoms with E-state index < -0.39 is 12.2 Å². The van der Waals surface area contributed by atoms with Gasteiger partial charge < -0.3 is 14.9 Å². The van der Waals surface area contributed by atoms with Gasteiger partial charge in [-0.25, -0.2) is 0 Å². The summed E-state index contributed by atoms with van der Waals surface area (Å²) in [6, 6.07) is 0. The molecule has 0 radical (unpaired) electrons. The highest BCUT2D eigenvalue weighted by molar-refractivity contribution is 5.29. The van der Waals surface area contributed by atoms with E-state index in [1.54, 1.807) is 5.57 Å². The smallest absolute Gasteiger partial charge is 0.0809 e. The second-order valence-corrected chi connectivity index (χ2v) is 11.4. The maximum Gasteiger partial charge on any atom is 0.0809 e. The molecule has 180 valence electrons. The van der Waals surface area contributed by atoms with E-state index in [0.717, 1.165) is 37.1 Å². The van der Waals surface area contributed by atoms with Crippen LogP contribution in [-0.4, -0.2) is 59.7 Å². The molecule has 4 heteroatoms. The second-order valence-electron chi connectivity index (χ2n) is 11.4. The SMILES string of the molecule is C=C1[C@H](O)CC(=C/C=C2\CCC[C@]3(C)[C@@H]([C@H](C)CCN4CCO[C@H](C)C4)CC[C@@H]23)C[C@H]1O. The molecule has 0 spiro atoms. The van der Waals surface area contributed by atoms with Gasteiger partial charge in [0.2, 0.25) is 0 Å². The van der Waals surface area contributed by atoms with Crippen molar-refractivity contribution >= 4 is 0 Å². The lowest BCUT2D eigenvalue weighted by Gasteiger charge is -2.44.